The lowest BCUT2D eigenvalue weighted by atomic mass is 10.00. The number of halogens is 1. The van der Waals surface area contributed by atoms with Crippen molar-refractivity contribution in [1.29, 1.82) is 0 Å². The number of H-pyrrole nitrogens is 1. The predicted octanol–water partition coefficient (Wildman–Crippen LogP) is 6.46. The van der Waals surface area contributed by atoms with Crippen molar-refractivity contribution in [2.24, 2.45) is 0 Å². The third-order valence-electron chi connectivity index (χ3n) is 7.51. The van der Waals surface area contributed by atoms with Gasteiger partial charge in [0, 0.05) is 28.8 Å². The van der Waals surface area contributed by atoms with Crippen LogP contribution in [0.3, 0.4) is 0 Å². The van der Waals surface area contributed by atoms with Gasteiger partial charge in [-0.15, -0.1) is 0 Å². The van der Waals surface area contributed by atoms with E-state index in [-0.39, 0.29) is 17.5 Å². The quantitative estimate of drug-likeness (QED) is 0.266. The number of carbonyl (C=O) groups is 2. The van der Waals surface area contributed by atoms with E-state index >= 15 is 0 Å². The summed E-state index contributed by atoms with van der Waals surface area (Å²) in [7, 11) is 0. The first-order valence-electron chi connectivity index (χ1n) is 12.9. The molecule has 0 spiro atoms. The summed E-state index contributed by atoms with van der Waals surface area (Å²) >= 11 is 3.55. The maximum Gasteiger partial charge on any atom is 0.341 e. The van der Waals surface area contributed by atoms with Gasteiger partial charge >= 0.3 is 5.97 Å². The molecule has 1 fully saturated rings. The number of likely N-dealkylation sites (tertiary alicyclic amines) is 1. The van der Waals surface area contributed by atoms with Crippen molar-refractivity contribution < 1.29 is 14.7 Å². The number of fused-ring (bicyclic) bond motifs is 1. The number of aromatic nitrogens is 1. The van der Waals surface area contributed by atoms with E-state index in [0.29, 0.717) is 27.4 Å². The molecular formula is C31H29BrN2O4. The summed E-state index contributed by atoms with van der Waals surface area (Å²) in [5.41, 5.74) is 4.91. The Morgan fingerprint density at radius 3 is 2.37 bits per heavy atom. The molecule has 2 N–H and O–H groups in total. The van der Waals surface area contributed by atoms with E-state index in [1.165, 1.54) is 11.8 Å². The minimum Gasteiger partial charge on any atom is -0.477 e. The lowest BCUT2D eigenvalue weighted by molar-refractivity contribution is 0.0693. The zero-order chi connectivity index (χ0) is 26.8. The van der Waals surface area contributed by atoms with Crippen LogP contribution in [0.1, 0.15) is 58.0 Å². The summed E-state index contributed by atoms with van der Waals surface area (Å²) in [6.07, 6.45) is 5.55. The van der Waals surface area contributed by atoms with Crippen molar-refractivity contribution in [2.75, 3.05) is 6.54 Å². The van der Waals surface area contributed by atoms with Crippen LogP contribution >= 0.6 is 15.9 Å². The Morgan fingerprint density at radius 1 is 1.03 bits per heavy atom. The molecule has 1 atom stereocenters. The van der Waals surface area contributed by atoms with E-state index in [9.17, 15) is 19.5 Å². The molecule has 5 rings (SSSR count). The normalized spacial score (nSPS) is 15.2. The maximum absolute atomic E-state index is 13.4. The Labute approximate surface area is 229 Å². The van der Waals surface area contributed by atoms with Gasteiger partial charge in [0.1, 0.15) is 5.56 Å². The lowest BCUT2D eigenvalue weighted by Gasteiger charge is -2.25. The summed E-state index contributed by atoms with van der Waals surface area (Å²) in [5, 5.41) is 9.67. The Bertz CT molecular complexity index is 1560. The standard InChI is InChI=1S/C31H29BrN2O4/c1-2-19-5-7-20(8-6-19)21-9-11-23(12-10-21)30(36)34-17-3-4-24(34)15-13-22-14-16-26-27(28(22)32)29(35)25(18-33-26)31(37)38/h5-12,14,16,18,24H,2-4,13,15,17H2,1H3,(H,33,35)(H,37,38). The van der Waals surface area contributed by atoms with Gasteiger partial charge in [-0.1, -0.05) is 49.4 Å². The Kier molecular flexibility index (Phi) is 7.47. The zero-order valence-electron chi connectivity index (χ0n) is 21.2. The first-order valence-corrected chi connectivity index (χ1v) is 13.7. The van der Waals surface area contributed by atoms with Gasteiger partial charge in [0.15, 0.2) is 0 Å². The number of nitrogens with zero attached hydrogens (tertiary/aromatic N) is 1. The number of benzene rings is 3. The Balaban J connectivity index is 1.30. The second kappa shape index (κ2) is 11.0. The topological polar surface area (TPSA) is 90.5 Å². The van der Waals surface area contributed by atoms with Gasteiger partial charge in [0.2, 0.25) is 5.43 Å². The molecule has 3 aromatic carbocycles. The van der Waals surface area contributed by atoms with E-state index in [0.717, 1.165) is 48.9 Å². The average Bonchev–Trinajstić information content (AvgIpc) is 3.41. The van der Waals surface area contributed by atoms with Crippen LogP contribution in [0.5, 0.6) is 0 Å². The maximum atomic E-state index is 13.4. The predicted molar refractivity (Wildman–Crippen MR) is 153 cm³/mol. The van der Waals surface area contributed by atoms with Crippen molar-refractivity contribution >= 4 is 38.7 Å². The number of nitrogens with one attached hydrogen (secondary N) is 1. The number of amides is 1. The number of hydrogen-bond acceptors (Lipinski definition) is 3. The van der Waals surface area contributed by atoms with Crippen molar-refractivity contribution in [1.82, 2.24) is 9.88 Å². The number of rotatable bonds is 7. The largest absolute Gasteiger partial charge is 0.477 e. The third kappa shape index (κ3) is 5.03. The molecule has 194 valence electrons. The van der Waals surface area contributed by atoms with Crippen LogP contribution in [-0.2, 0) is 12.8 Å². The van der Waals surface area contributed by atoms with Crippen molar-refractivity contribution in [2.45, 2.75) is 45.1 Å². The van der Waals surface area contributed by atoms with Gasteiger partial charge in [0.25, 0.3) is 5.91 Å². The first kappa shape index (κ1) is 25.9. The molecule has 1 amide bonds. The molecule has 4 aromatic rings. The molecule has 6 nitrogen and oxygen atoms in total. The number of aromatic amines is 1. The van der Waals surface area contributed by atoms with Crippen LogP contribution in [0.4, 0.5) is 0 Å². The van der Waals surface area contributed by atoms with Crippen LogP contribution in [0.25, 0.3) is 22.0 Å². The highest BCUT2D eigenvalue weighted by molar-refractivity contribution is 9.10. The highest BCUT2D eigenvalue weighted by Gasteiger charge is 2.29. The van der Waals surface area contributed by atoms with Crippen LogP contribution in [-0.4, -0.2) is 39.5 Å². The monoisotopic (exact) mass is 572 g/mol. The summed E-state index contributed by atoms with van der Waals surface area (Å²) < 4.78 is 0.609. The van der Waals surface area contributed by atoms with Gasteiger partial charge in [-0.2, -0.15) is 0 Å². The zero-order valence-corrected chi connectivity index (χ0v) is 22.8. The highest BCUT2D eigenvalue weighted by atomic mass is 79.9. The molecule has 0 saturated carbocycles. The molecule has 1 unspecified atom stereocenters. The second-order valence-corrected chi connectivity index (χ2v) is 10.6. The number of carbonyl (C=O) groups excluding carboxylic acids is 1. The summed E-state index contributed by atoms with van der Waals surface area (Å²) in [6, 6.07) is 20.2. The van der Waals surface area contributed by atoms with Crippen molar-refractivity contribution in [3.05, 3.63) is 104 Å². The number of carboxylic acids is 1. The molecule has 1 saturated heterocycles. The Morgan fingerprint density at radius 2 is 1.71 bits per heavy atom. The fourth-order valence-corrected chi connectivity index (χ4v) is 6.02. The van der Waals surface area contributed by atoms with Crippen molar-refractivity contribution in [3.63, 3.8) is 0 Å². The fourth-order valence-electron chi connectivity index (χ4n) is 5.29. The molecular weight excluding hydrogens is 544 g/mol. The minimum atomic E-state index is -1.26. The number of hydrogen-bond donors (Lipinski definition) is 2. The van der Waals surface area contributed by atoms with E-state index in [4.69, 9.17) is 0 Å². The van der Waals surface area contributed by atoms with Gasteiger partial charge in [0.05, 0.1) is 10.9 Å². The summed E-state index contributed by atoms with van der Waals surface area (Å²) in [6.45, 7) is 2.86. The minimum absolute atomic E-state index is 0.0421. The van der Waals surface area contributed by atoms with Crippen LogP contribution < -0.4 is 5.43 Å². The Hall–Kier alpha value is -3.71. The number of aromatic carboxylic acids is 1. The van der Waals surface area contributed by atoms with Gasteiger partial charge in [-0.05, 0) is 88.5 Å². The average molecular weight is 573 g/mol. The number of pyridine rings is 1. The first-order chi connectivity index (χ1) is 18.4. The summed E-state index contributed by atoms with van der Waals surface area (Å²) in [5.74, 6) is -1.21. The van der Waals surface area contributed by atoms with Crippen LogP contribution in [0, 0.1) is 0 Å². The van der Waals surface area contributed by atoms with Crippen LogP contribution in [0.2, 0.25) is 0 Å². The third-order valence-corrected chi connectivity index (χ3v) is 8.41. The molecule has 1 aliphatic heterocycles. The number of aryl methyl sites for hydroxylation is 2. The lowest BCUT2D eigenvalue weighted by Crippen LogP contribution is -2.35. The van der Waals surface area contributed by atoms with E-state index < -0.39 is 11.4 Å². The fraction of sp³-hybridized carbons (Fsp3) is 0.258. The van der Waals surface area contributed by atoms with Gasteiger partial charge in [-0.25, -0.2) is 4.79 Å². The summed E-state index contributed by atoms with van der Waals surface area (Å²) in [4.78, 5) is 42.5. The van der Waals surface area contributed by atoms with Crippen molar-refractivity contribution in [3.8, 4) is 11.1 Å². The smallest absolute Gasteiger partial charge is 0.341 e. The van der Waals surface area contributed by atoms with Gasteiger partial charge < -0.3 is 15.0 Å². The SMILES string of the molecule is CCc1ccc(-c2ccc(C(=O)N3CCCC3CCc3ccc4[nH]cc(C(=O)O)c(=O)c4c3Br)cc2)cc1. The molecule has 0 radical (unpaired) electrons. The van der Waals surface area contributed by atoms with E-state index in [1.807, 2.05) is 35.2 Å². The van der Waals surface area contributed by atoms with E-state index in [1.54, 1.807) is 6.07 Å². The van der Waals surface area contributed by atoms with Gasteiger partial charge in [-0.3, -0.25) is 9.59 Å². The number of carboxylic acid groups (broad SMARTS) is 1. The van der Waals surface area contributed by atoms with Crippen LogP contribution in [0.15, 0.2) is 76.1 Å². The molecule has 1 aliphatic rings. The van der Waals surface area contributed by atoms with E-state index in [2.05, 4.69) is 52.1 Å². The molecule has 38 heavy (non-hydrogen) atoms. The molecule has 2 heterocycles. The molecule has 0 aliphatic carbocycles. The molecule has 7 heteroatoms. The molecule has 0 bridgehead atoms. The molecule has 1 aromatic heterocycles. The highest BCUT2D eigenvalue weighted by Crippen LogP contribution is 2.30. The second-order valence-electron chi connectivity index (χ2n) is 9.76.